The summed E-state index contributed by atoms with van der Waals surface area (Å²) in [7, 11) is -3.10. The van der Waals surface area contributed by atoms with Crippen molar-refractivity contribution in [2.24, 2.45) is 0 Å². The summed E-state index contributed by atoms with van der Waals surface area (Å²) >= 11 is 0. The third-order valence-electron chi connectivity index (χ3n) is 4.97. The Kier molecular flexibility index (Phi) is 6.29. The SMILES string of the molecule is CCS(=O)(=O)N1CCN(Cc2cccc(C(=O)N3CCOCC3)c2)CC1. The fourth-order valence-electron chi connectivity index (χ4n) is 3.36. The molecule has 0 bridgehead atoms. The third kappa shape index (κ3) is 4.62. The van der Waals surface area contributed by atoms with Crippen LogP contribution < -0.4 is 0 Å². The number of carbonyl (C=O) groups is 1. The van der Waals surface area contributed by atoms with E-state index in [1.54, 1.807) is 11.2 Å². The standard InChI is InChI=1S/C18H27N3O4S/c1-2-26(23,24)21-8-6-19(7-9-21)15-16-4-3-5-17(14-16)18(22)20-10-12-25-13-11-20/h3-5,14H,2,6-13,15H2,1H3. The summed E-state index contributed by atoms with van der Waals surface area (Å²) in [5.41, 5.74) is 1.78. The first-order valence-electron chi connectivity index (χ1n) is 9.16. The molecule has 0 spiro atoms. The Morgan fingerprint density at radius 2 is 1.77 bits per heavy atom. The molecule has 2 aliphatic heterocycles. The van der Waals surface area contributed by atoms with Gasteiger partial charge in [-0.25, -0.2) is 8.42 Å². The van der Waals surface area contributed by atoms with Crippen molar-refractivity contribution < 1.29 is 17.9 Å². The van der Waals surface area contributed by atoms with Crippen LogP contribution >= 0.6 is 0 Å². The lowest BCUT2D eigenvalue weighted by atomic mass is 10.1. The number of sulfonamides is 1. The van der Waals surface area contributed by atoms with Gasteiger partial charge in [-0.15, -0.1) is 0 Å². The largest absolute Gasteiger partial charge is 0.378 e. The van der Waals surface area contributed by atoms with Crippen molar-refractivity contribution in [1.82, 2.24) is 14.1 Å². The number of piperazine rings is 1. The third-order valence-corrected chi connectivity index (χ3v) is 6.85. The predicted octanol–water partition coefficient (Wildman–Crippen LogP) is 0.626. The Labute approximate surface area is 155 Å². The van der Waals surface area contributed by atoms with E-state index in [4.69, 9.17) is 4.74 Å². The van der Waals surface area contributed by atoms with Gasteiger partial charge in [0.15, 0.2) is 0 Å². The predicted molar refractivity (Wildman–Crippen MR) is 99.5 cm³/mol. The maximum Gasteiger partial charge on any atom is 0.254 e. The fraction of sp³-hybridized carbons (Fsp3) is 0.611. The fourth-order valence-corrected chi connectivity index (χ4v) is 4.44. The van der Waals surface area contributed by atoms with Crippen LogP contribution in [0.5, 0.6) is 0 Å². The van der Waals surface area contributed by atoms with Gasteiger partial charge in [0.1, 0.15) is 0 Å². The Morgan fingerprint density at radius 1 is 1.08 bits per heavy atom. The highest BCUT2D eigenvalue weighted by molar-refractivity contribution is 7.89. The average Bonchev–Trinajstić information content (AvgIpc) is 2.69. The van der Waals surface area contributed by atoms with E-state index < -0.39 is 10.0 Å². The average molecular weight is 381 g/mol. The van der Waals surface area contributed by atoms with Crippen LogP contribution in [0.1, 0.15) is 22.8 Å². The normalized spacial score (nSPS) is 20.3. The number of rotatable bonds is 5. The number of hydrogen-bond donors (Lipinski definition) is 0. The lowest BCUT2D eigenvalue weighted by Gasteiger charge is -2.33. The summed E-state index contributed by atoms with van der Waals surface area (Å²) in [6, 6.07) is 7.74. The van der Waals surface area contributed by atoms with Gasteiger partial charge >= 0.3 is 0 Å². The van der Waals surface area contributed by atoms with E-state index in [-0.39, 0.29) is 11.7 Å². The zero-order valence-corrected chi connectivity index (χ0v) is 16.1. The highest BCUT2D eigenvalue weighted by Gasteiger charge is 2.25. The van der Waals surface area contributed by atoms with Crippen molar-refractivity contribution in [3.63, 3.8) is 0 Å². The monoisotopic (exact) mass is 381 g/mol. The number of nitrogens with zero attached hydrogens (tertiary/aromatic N) is 3. The van der Waals surface area contributed by atoms with E-state index >= 15 is 0 Å². The maximum atomic E-state index is 12.6. The van der Waals surface area contributed by atoms with Gasteiger partial charge in [0.25, 0.3) is 5.91 Å². The lowest BCUT2D eigenvalue weighted by molar-refractivity contribution is 0.0303. The summed E-state index contributed by atoms with van der Waals surface area (Å²) in [4.78, 5) is 16.7. The molecule has 2 fully saturated rings. The molecule has 0 atom stereocenters. The molecule has 1 amide bonds. The molecule has 1 aromatic rings. The Morgan fingerprint density at radius 3 is 2.42 bits per heavy atom. The van der Waals surface area contributed by atoms with Gasteiger partial charge in [-0.2, -0.15) is 4.31 Å². The van der Waals surface area contributed by atoms with Gasteiger partial charge in [-0.3, -0.25) is 9.69 Å². The number of ether oxygens (including phenoxy) is 1. The van der Waals surface area contributed by atoms with Crippen LogP contribution in [0.2, 0.25) is 0 Å². The first-order chi connectivity index (χ1) is 12.5. The van der Waals surface area contributed by atoms with Crippen molar-refractivity contribution in [3.8, 4) is 0 Å². The second kappa shape index (κ2) is 8.47. The van der Waals surface area contributed by atoms with Crippen molar-refractivity contribution in [3.05, 3.63) is 35.4 Å². The molecular formula is C18H27N3O4S. The van der Waals surface area contributed by atoms with E-state index in [0.29, 0.717) is 58.0 Å². The second-order valence-corrected chi connectivity index (χ2v) is 8.94. The van der Waals surface area contributed by atoms with E-state index in [2.05, 4.69) is 4.90 Å². The minimum Gasteiger partial charge on any atom is -0.378 e. The summed E-state index contributed by atoms with van der Waals surface area (Å²) < 4.78 is 30.8. The van der Waals surface area contributed by atoms with Crippen LogP contribution in [0.4, 0.5) is 0 Å². The molecule has 1 aromatic carbocycles. The Bertz CT molecular complexity index is 724. The first-order valence-corrected chi connectivity index (χ1v) is 10.8. The molecule has 2 heterocycles. The molecule has 3 rings (SSSR count). The molecule has 0 aromatic heterocycles. The van der Waals surface area contributed by atoms with Gasteiger partial charge < -0.3 is 9.64 Å². The van der Waals surface area contributed by atoms with Gasteiger partial charge in [0, 0.05) is 51.4 Å². The Hall–Kier alpha value is -1.48. The molecular weight excluding hydrogens is 354 g/mol. The molecule has 2 saturated heterocycles. The Balaban J connectivity index is 1.58. The summed E-state index contributed by atoms with van der Waals surface area (Å²) in [5.74, 6) is 0.201. The highest BCUT2D eigenvalue weighted by Crippen LogP contribution is 2.14. The van der Waals surface area contributed by atoms with Crippen molar-refractivity contribution in [1.29, 1.82) is 0 Å². The maximum absolute atomic E-state index is 12.6. The molecule has 0 unspecified atom stereocenters. The van der Waals surface area contributed by atoms with Crippen LogP contribution in [0, 0.1) is 0 Å². The van der Waals surface area contributed by atoms with Crippen LogP contribution in [0.15, 0.2) is 24.3 Å². The summed E-state index contributed by atoms with van der Waals surface area (Å²) in [6.45, 7) is 7.34. The molecule has 8 heteroatoms. The van der Waals surface area contributed by atoms with Gasteiger partial charge in [0.2, 0.25) is 10.0 Å². The molecule has 7 nitrogen and oxygen atoms in total. The summed E-state index contributed by atoms with van der Waals surface area (Å²) in [6.07, 6.45) is 0. The summed E-state index contributed by atoms with van der Waals surface area (Å²) in [5, 5.41) is 0. The van der Waals surface area contributed by atoms with E-state index in [1.807, 2.05) is 29.2 Å². The van der Waals surface area contributed by atoms with Crippen molar-refractivity contribution in [2.45, 2.75) is 13.5 Å². The molecule has 2 aliphatic rings. The second-order valence-electron chi connectivity index (χ2n) is 6.68. The van der Waals surface area contributed by atoms with E-state index in [0.717, 1.165) is 12.1 Å². The quantitative estimate of drug-likeness (QED) is 0.748. The lowest BCUT2D eigenvalue weighted by Crippen LogP contribution is -2.48. The molecule has 144 valence electrons. The van der Waals surface area contributed by atoms with E-state index in [9.17, 15) is 13.2 Å². The molecule has 0 N–H and O–H groups in total. The number of benzene rings is 1. The zero-order chi connectivity index (χ0) is 18.6. The molecule has 0 saturated carbocycles. The number of morpholine rings is 1. The first kappa shape index (κ1) is 19.3. The molecule has 0 radical (unpaired) electrons. The molecule has 0 aliphatic carbocycles. The number of hydrogen-bond acceptors (Lipinski definition) is 5. The smallest absolute Gasteiger partial charge is 0.254 e. The number of amides is 1. The van der Waals surface area contributed by atoms with Crippen molar-refractivity contribution >= 4 is 15.9 Å². The van der Waals surface area contributed by atoms with Crippen LogP contribution in [-0.4, -0.2) is 86.7 Å². The van der Waals surface area contributed by atoms with Gasteiger partial charge in [-0.1, -0.05) is 12.1 Å². The van der Waals surface area contributed by atoms with Crippen LogP contribution in [0.25, 0.3) is 0 Å². The van der Waals surface area contributed by atoms with Gasteiger partial charge in [0.05, 0.1) is 19.0 Å². The zero-order valence-electron chi connectivity index (χ0n) is 15.3. The number of carbonyl (C=O) groups excluding carboxylic acids is 1. The van der Waals surface area contributed by atoms with E-state index in [1.165, 1.54) is 0 Å². The van der Waals surface area contributed by atoms with Gasteiger partial charge in [-0.05, 0) is 24.6 Å². The topological polar surface area (TPSA) is 70.2 Å². The minimum atomic E-state index is -3.10. The highest BCUT2D eigenvalue weighted by atomic mass is 32.2. The van der Waals surface area contributed by atoms with Crippen molar-refractivity contribution in [2.75, 3.05) is 58.2 Å². The van der Waals surface area contributed by atoms with Crippen LogP contribution in [-0.2, 0) is 21.3 Å². The minimum absolute atomic E-state index is 0.0500. The van der Waals surface area contributed by atoms with Crippen LogP contribution in [0.3, 0.4) is 0 Å². The molecule has 26 heavy (non-hydrogen) atoms.